The fourth-order valence-electron chi connectivity index (χ4n) is 3.08. The van der Waals surface area contributed by atoms with Gasteiger partial charge in [0.15, 0.2) is 6.61 Å². The number of hydrogen-bond donors (Lipinski definition) is 3. The number of amides is 1. The van der Waals surface area contributed by atoms with Gasteiger partial charge in [-0.05, 0) is 29.5 Å². The summed E-state index contributed by atoms with van der Waals surface area (Å²) in [5, 5.41) is 13.5. The number of carbonyl (C=O) groups is 2. The molecule has 2 aromatic carbocycles. The lowest BCUT2D eigenvalue weighted by atomic mass is 9.96. The number of carboxylic acid groups (broad SMARTS) is 1. The first-order valence-electron chi connectivity index (χ1n) is 9.72. The van der Waals surface area contributed by atoms with Crippen LogP contribution in [0, 0.1) is 5.92 Å². The second-order valence-corrected chi connectivity index (χ2v) is 7.26. The molecule has 0 aliphatic carbocycles. The maximum atomic E-state index is 12.3. The summed E-state index contributed by atoms with van der Waals surface area (Å²) in [7, 11) is 0. The molecule has 1 atom stereocenters. The smallest absolute Gasteiger partial charge is 0.482 e. The van der Waals surface area contributed by atoms with Crippen molar-refractivity contribution in [3.8, 4) is 5.75 Å². The first kappa shape index (κ1) is 24.0. The number of alkyl halides is 3. The monoisotopic (exact) mass is 438 g/mol. The Hall–Kier alpha value is -3.23. The van der Waals surface area contributed by atoms with Crippen LogP contribution in [0.25, 0.3) is 0 Å². The van der Waals surface area contributed by atoms with E-state index in [0.29, 0.717) is 5.92 Å². The maximum Gasteiger partial charge on any atom is 0.490 e. The van der Waals surface area contributed by atoms with Crippen molar-refractivity contribution < 1.29 is 32.6 Å². The number of carbonyl (C=O) groups excluding carboxylic acids is 1. The molecule has 0 spiro atoms. The van der Waals surface area contributed by atoms with Gasteiger partial charge in [0.25, 0.3) is 5.91 Å². The number of nitrogens with one attached hydrogen (secondary N) is 2. The summed E-state index contributed by atoms with van der Waals surface area (Å²) in [4.78, 5) is 21.2. The van der Waals surface area contributed by atoms with Crippen LogP contribution in [0.5, 0.6) is 5.75 Å². The highest BCUT2D eigenvalue weighted by Gasteiger charge is 2.38. The van der Waals surface area contributed by atoms with Crippen LogP contribution in [0.3, 0.4) is 0 Å². The topological polar surface area (TPSA) is 87.7 Å². The van der Waals surface area contributed by atoms with Gasteiger partial charge in [-0.2, -0.15) is 13.2 Å². The summed E-state index contributed by atoms with van der Waals surface area (Å²) in [5.41, 5.74) is 3.38. The highest BCUT2D eigenvalue weighted by Crippen LogP contribution is 2.32. The normalized spacial score (nSPS) is 13.4. The van der Waals surface area contributed by atoms with Crippen molar-refractivity contribution in [1.29, 1.82) is 0 Å². The van der Waals surface area contributed by atoms with E-state index in [4.69, 9.17) is 14.6 Å². The van der Waals surface area contributed by atoms with E-state index in [2.05, 4.69) is 30.5 Å². The summed E-state index contributed by atoms with van der Waals surface area (Å²) in [6.07, 6.45) is -4.08. The molecule has 6 nitrogen and oxygen atoms in total. The summed E-state index contributed by atoms with van der Waals surface area (Å²) < 4.78 is 37.5. The molecule has 0 aromatic heterocycles. The average Bonchev–Trinajstić information content (AvgIpc) is 3.20. The molecule has 3 N–H and O–H groups in total. The Kier molecular flexibility index (Phi) is 8.30. The molecule has 1 amide bonds. The van der Waals surface area contributed by atoms with Crippen LogP contribution < -0.4 is 15.4 Å². The van der Waals surface area contributed by atoms with E-state index in [9.17, 15) is 18.0 Å². The van der Waals surface area contributed by atoms with E-state index >= 15 is 0 Å². The van der Waals surface area contributed by atoms with E-state index in [1.807, 2.05) is 42.5 Å². The van der Waals surface area contributed by atoms with Gasteiger partial charge in [-0.1, -0.05) is 56.3 Å². The van der Waals surface area contributed by atoms with Gasteiger partial charge in [0.1, 0.15) is 5.75 Å². The minimum atomic E-state index is -5.08. The molecule has 1 aliphatic heterocycles. The highest BCUT2D eigenvalue weighted by atomic mass is 19.4. The molecule has 0 saturated carbocycles. The SMILES string of the molecule is CC(C)C(NC(=O)COc1cccc2c1NCC2)c1ccccc1.O=C(O)C(F)(F)F. The number of fused-ring (bicyclic) bond motifs is 1. The fourth-order valence-corrected chi connectivity index (χ4v) is 3.08. The largest absolute Gasteiger partial charge is 0.490 e. The average molecular weight is 438 g/mol. The first-order valence-corrected chi connectivity index (χ1v) is 9.72. The van der Waals surface area contributed by atoms with Crippen LogP contribution in [-0.4, -0.2) is 36.3 Å². The number of para-hydroxylation sites is 1. The van der Waals surface area contributed by atoms with Crippen molar-refractivity contribution in [2.75, 3.05) is 18.5 Å². The van der Waals surface area contributed by atoms with Crippen molar-refractivity contribution in [1.82, 2.24) is 5.32 Å². The summed E-state index contributed by atoms with van der Waals surface area (Å²) in [5.74, 6) is -1.80. The second kappa shape index (κ2) is 10.7. The van der Waals surface area contributed by atoms with Gasteiger partial charge >= 0.3 is 12.1 Å². The zero-order chi connectivity index (χ0) is 23.0. The number of rotatable bonds is 6. The fraction of sp³-hybridized carbons (Fsp3) is 0.364. The van der Waals surface area contributed by atoms with Crippen molar-refractivity contribution in [3.05, 3.63) is 59.7 Å². The molecular weight excluding hydrogens is 413 g/mol. The van der Waals surface area contributed by atoms with Crippen molar-refractivity contribution in [2.24, 2.45) is 5.92 Å². The molecule has 3 rings (SSSR count). The summed E-state index contributed by atoms with van der Waals surface area (Å²) in [6, 6.07) is 16.0. The maximum absolute atomic E-state index is 12.3. The Morgan fingerprint density at radius 2 is 1.77 bits per heavy atom. The van der Waals surface area contributed by atoms with E-state index in [1.165, 1.54) is 5.56 Å². The molecule has 9 heteroatoms. The number of hydrogen-bond acceptors (Lipinski definition) is 4. The van der Waals surface area contributed by atoms with E-state index in [1.54, 1.807) is 0 Å². The van der Waals surface area contributed by atoms with E-state index in [-0.39, 0.29) is 18.6 Å². The summed E-state index contributed by atoms with van der Waals surface area (Å²) in [6.45, 7) is 5.15. The Bertz CT molecular complexity index is 886. The van der Waals surface area contributed by atoms with Gasteiger partial charge in [-0.25, -0.2) is 4.79 Å². The van der Waals surface area contributed by atoms with Gasteiger partial charge in [0, 0.05) is 6.54 Å². The van der Waals surface area contributed by atoms with Crippen LogP contribution in [-0.2, 0) is 16.0 Å². The Morgan fingerprint density at radius 1 is 1.13 bits per heavy atom. The summed E-state index contributed by atoms with van der Waals surface area (Å²) >= 11 is 0. The van der Waals surface area contributed by atoms with Gasteiger partial charge in [-0.3, -0.25) is 4.79 Å². The number of ether oxygens (including phenoxy) is 1. The standard InChI is InChI=1S/C20H24N2O2.C2HF3O2/c1-14(2)19(15-7-4-3-5-8-15)22-18(23)13-24-17-10-6-9-16-11-12-21-20(16)17;3-2(4,5)1(6)7/h3-10,14,19,21H,11-13H2,1-2H3,(H,22,23);(H,6,7). The van der Waals surface area contributed by atoms with Crippen LogP contribution in [0.4, 0.5) is 18.9 Å². The van der Waals surface area contributed by atoms with Gasteiger partial charge < -0.3 is 20.5 Å². The first-order chi connectivity index (χ1) is 14.6. The third-order valence-corrected chi connectivity index (χ3v) is 4.55. The molecule has 0 saturated heterocycles. The predicted octanol–water partition coefficient (Wildman–Crippen LogP) is 4.18. The lowest BCUT2D eigenvalue weighted by Crippen LogP contribution is -2.35. The van der Waals surface area contributed by atoms with Crippen molar-refractivity contribution in [3.63, 3.8) is 0 Å². The molecule has 168 valence electrons. The lowest BCUT2D eigenvalue weighted by molar-refractivity contribution is -0.192. The number of halogens is 3. The number of anilines is 1. The Balaban J connectivity index is 0.000000423. The third-order valence-electron chi connectivity index (χ3n) is 4.55. The van der Waals surface area contributed by atoms with Crippen LogP contribution in [0.15, 0.2) is 48.5 Å². The number of benzene rings is 2. The quantitative estimate of drug-likeness (QED) is 0.630. The minimum absolute atomic E-state index is 0.0121. The third kappa shape index (κ3) is 7.20. The molecule has 1 unspecified atom stereocenters. The minimum Gasteiger partial charge on any atom is -0.482 e. The van der Waals surface area contributed by atoms with Crippen LogP contribution >= 0.6 is 0 Å². The number of aliphatic carboxylic acids is 1. The van der Waals surface area contributed by atoms with Gasteiger partial charge in [0.05, 0.1) is 11.7 Å². The van der Waals surface area contributed by atoms with Crippen molar-refractivity contribution in [2.45, 2.75) is 32.5 Å². The molecule has 0 fully saturated rings. The van der Waals surface area contributed by atoms with E-state index < -0.39 is 12.1 Å². The molecule has 1 aliphatic rings. The molecular formula is C22H25F3N2O4. The van der Waals surface area contributed by atoms with Gasteiger partial charge in [-0.15, -0.1) is 0 Å². The molecule has 0 bridgehead atoms. The van der Waals surface area contributed by atoms with Crippen molar-refractivity contribution >= 4 is 17.6 Å². The van der Waals surface area contributed by atoms with E-state index in [0.717, 1.165) is 30.0 Å². The zero-order valence-corrected chi connectivity index (χ0v) is 17.2. The molecule has 0 radical (unpaired) electrons. The van der Waals surface area contributed by atoms with Crippen LogP contribution in [0.1, 0.15) is 31.0 Å². The zero-order valence-electron chi connectivity index (χ0n) is 17.2. The number of carboxylic acids is 1. The predicted molar refractivity (Wildman–Crippen MR) is 110 cm³/mol. The Morgan fingerprint density at radius 3 is 2.35 bits per heavy atom. The highest BCUT2D eigenvalue weighted by molar-refractivity contribution is 5.78. The second-order valence-electron chi connectivity index (χ2n) is 7.26. The van der Waals surface area contributed by atoms with Crippen LogP contribution in [0.2, 0.25) is 0 Å². The molecule has 1 heterocycles. The molecule has 31 heavy (non-hydrogen) atoms. The Labute approximate surface area is 178 Å². The molecule has 2 aromatic rings. The lowest BCUT2D eigenvalue weighted by Gasteiger charge is -2.23. The van der Waals surface area contributed by atoms with Gasteiger partial charge in [0.2, 0.25) is 0 Å².